The van der Waals surface area contributed by atoms with Crippen LogP contribution in [0.15, 0.2) is 17.5 Å². The van der Waals surface area contributed by atoms with Gasteiger partial charge in [-0.3, -0.25) is 4.79 Å². The highest BCUT2D eigenvalue weighted by molar-refractivity contribution is 7.09. The summed E-state index contributed by atoms with van der Waals surface area (Å²) < 4.78 is 0. The van der Waals surface area contributed by atoms with Gasteiger partial charge in [0.2, 0.25) is 5.91 Å². The average Bonchev–Trinajstić information content (AvgIpc) is 2.77. The van der Waals surface area contributed by atoms with Crippen molar-refractivity contribution in [1.29, 1.82) is 0 Å². The van der Waals surface area contributed by atoms with Gasteiger partial charge in [-0.15, -0.1) is 11.3 Å². The molecule has 3 nitrogen and oxygen atoms in total. The predicted molar refractivity (Wildman–Crippen MR) is 72.9 cm³/mol. The number of hydrogen-bond donors (Lipinski definition) is 1. The molecule has 1 atom stereocenters. The first kappa shape index (κ1) is 14.2. The first-order chi connectivity index (χ1) is 8.06. The van der Waals surface area contributed by atoms with Gasteiger partial charge in [-0.05, 0) is 31.7 Å². The summed E-state index contributed by atoms with van der Waals surface area (Å²) >= 11 is 1.68. The number of rotatable bonds is 6. The normalized spacial score (nSPS) is 12.8. The lowest BCUT2D eigenvalue weighted by Gasteiger charge is -2.29. The summed E-state index contributed by atoms with van der Waals surface area (Å²) in [6.45, 7) is 6.78. The van der Waals surface area contributed by atoms with Crippen LogP contribution in [0.5, 0.6) is 0 Å². The Balaban J connectivity index is 2.68. The highest BCUT2D eigenvalue weighted by atomic mass is 32.1. The number of hydrogen-bond acceptors (Lipinski definition) is 3. The summed E-state index contributed by atoms with van der Waals surface area (Å²) in [6, 6.07) is 3.89. The Morgan fingerprint density at radius 1 is 1.53 bits per heavy atom. The SMILES string of the molecule is CCC[C@H](N)C(=O)N(Cc1cccs1)C(C)C. The molecule has 0 unspecified atom stereocenters. The fourth-order valence-electron chi connectivity index (χ4n) is 1.73. The van der Waals surface area contributed by atoms with Crippen LogP contribution in [0.1, 0.15) is 38.5 Å². The molecule has 0 aliphatic carbocycles. The Morgan fingerprint density at radius 2 is 2.24 bits per heavy atom. The molecule has 0 spiro atoms. The molecule has 1 aromatic heterocycles. The van der Waals surface area contributed by atoms with Gasteiger partial charge in [0.15, 0.2) is 0 Å². The van der Waals surface area contributed by atoms with Gasteiger partial charge in [0.25, 0.3) is 0 Å². The monoisotopic (exact) mass is 254 g/mol. The summed E-state index contributed by atoms with van der Waals surface area (Å²) in [4.78, 5) is 15.3. The quantitative estimate of drug-likeness (QED) is 0.848. The lowest BCUT2D eigenvalue weighted by Crippen LogP contribution is -2.46. The molecule has 4 heteroatoms. The fourth-order valence-corrected chi connectivity index (χ4v) is 2.44. The molecule has 1 heterocycles. The molecule has 96 valence electrons. The van der Waals surface area contributed by atoms with E-state index in [0.29, 0.717) is 6.54 Å². The van der Waals surface area contributed by atoms with E-state index in [1.54, 1.807) is 11.3 Å². The zero-order valence-corrected chi connectivity index (χ0v) is 11.7. The van der Waals surface area contributed by atoms with E-state index in [9.17, 15) is 4.79 Å². The van der Waals surface area contributed by atoms with Crippen molar-refractivity contribution in [2.24, 2.45) is 5.73 Å². The number of nitrogens with zero attached hydrogens (tertiary/aromatic N) is 1. The van der Waals surface area contributed by atoms with Gasteiger partial charge >= 0.3 is 0 Å². The molecule has 0 aliphatic heterocycles. The maximum atomic E-state index is 12.2. The first-order valence-corrected chi connectivity index (χ1v) is 7.02. The third-order valence-corrected chi connectivity index (χ3v) is 3.59. The van der Waals surface area contributed by atoms with Crippen molar-refractivity contribution in [2.45, 2.75) is 52.2 Å². The van der Waals surface area contributed by atoms with Gasteiger partial charge in [0, 0.05) is 10.9 Å². The van der Waals surface area contributed by atoms with Gasteiger partial charge in [0.05, 0.1) is 12.6 Å². The molecule has 0 bridgehead atoms. The lowest BCUT2D eigenvalue weighted by molar-refractivity contribution is -0.135. The summed E-state index contributed by atoms with van der Waals surface area (Å²) in [7, 11) is 0. The van der Waals surface area contributed by atoms with Crippen LogP contribution in [0.2, 0.25) is 0 Å². The van der Waals surface area contributed by atoms with Crippen LogP contribution in [-0.2, 0) is 11.3 Å². The minimum atomic E-state index is -0.359. The van der Waals surface area contributed by atoms with Crippen molar-refractivity contribution in [1.82, 2.24) is 4.90 Å². The predicted octanol–water partition coefficient (Wildman–Crippen LogP) is 2.61. The first-order valence-electron chi connectivity index (χ1n) is 6.14. The van der Waals surface area contributed by atoms with E-state index in [1.807, 2.05) is 37.1 Å². The van der Waals surface area contributed by atoms with Crippen molar-refractivity contribution >= 4 is 17.2 Å². The Labute approximate surface area is 108 Å². The van der Waals surface area contributed by atoms with Crippen molar-refractivity contribution in [3.8, 4) is 0 Å². The molecule has 0 saturated carbocycles. The second-order valence-corrected chi connectivity index (χ2v) is 5.57. The maximum absolute atomic E-state index is 12.2. The summed E-state index contributed by atoms with van der Waals surface area (Å²) in [5, 5.41) is 2.03. The van der Waals surface area contributed by atoms with Crippen molar-refractivity contribution in [3.63, 3.8) is 0 Å². The van der Waals surface area contributed by atoms with Crippen molar-refractivity contribution in [2.75, 3.05) is 0 Å². The van der Waals surface area contributed by atoms with Crippen LogP contribution < -0.4 is 5.73 Å². The Bertz CT molecular complexity index is 335. The number of carbonyl (C=O) groups is 1. The fraction of sp³-hybridized carbons (Fsp3) is 0.615. The molecule has 0 aliphatic rings. The number of thiophene rings is 1. The molecule has 1 aromatic rings. The largest absolute Gasteiger partial charge is 0.334 e. The van der Waals surface area contributed by atoms with Crippen LogP contribution in [-0.4, -0.2) is 22.9 Å². The summed E-state index contributed by atoms with van der Waals surface area (Å²) in [5.74, 6) is 0.0650. The summed E-state index contributed by atoms with van der Waals surface area (Å²) in [5.41, 5.74) is 5.91. The Hall–Kier alpha value is -0.870. The number of carbonyl (C=O) groups excluding carboxylic acids is 1. The molecule has 0 saturated heterocycles. The Morgan fingerprint density at radius 3 is 2.71 bits per heavy atom. The number of nitrogens with two attached hydrogens (primary N) is 1. The van der Waals surface area contributed by atoms with Crippen molar-refractivity contribution < 1.29 is 4.79 Å². The average molecular weight is 254 g/mol. The molecular formula is C13H22N2OS. The highest BCUT2D eigenvalue weighted by Crippen LogP contribution is 2.15. The van der Waals surface area contributed by atoms with E-state index in [2.05, 4.69) is 6.07 Å². The minimum absolute atomic E-state index is 0.0650. The van der Waals surface area contributed by atoms with Gasteiger partial charge in [-0.2, -0.15) is 0 Å². The second kappa shape index (κ2) is 6.77. The molecule has 1 amide bonds. The second-order valence-electron chi connectivity index (χ2n) is 4.53. The Kier molecular flexibility index (Phi) is 5.65. The lowest BCUT2D eigenvalue weighted by atomic mass is 10.1. The van der Waals surface area contributed by atoms with Crippen molar-refractivity contribution in [3.05, 3.63) is 22.4 Å². The van der Waals surface area contributed by atoms with E-state index in [-0.39, 0.29) is 18.0 Å². The van der Waals surface area contributed by atoms with E-state index < -0.39 is 0 Å². The van der Waals surface area contributed by atoms with E-state index in [1.165, 1.54) is 4.88 Å². The van der Waals surface area contributed by atoms with Crippen LogP contribution in [0.4, 0.5) is 0 Å². The molecule has 0 aromatic carbocycles. The van der Waals surface area contributed by atoms with Gasteiger partial charge in [-0.1, -0.05) is 19.4 Å². The minimum Gasteiger partial charge on any atom is -0.334 e. The van der Waals surface area contributed by atoms with Crippen LogP contribution in [0.3, 0.4) is 0 Å². The van der Waals surface area contributed by atoms with E-state index >= 15 is 0 Å². The molecule has 0 radical (unpaired) electrons. The van der Waals surface area contributed by atoms with Crippen LogP contribution >= 0.6 is 11.3 Å². The standard InChI is InChI=1S/C13H22N2OS/c1-4-6-12(14)13(16)15(10(2)3)9-11-7-5-8-17-11/h5,7-8,10,12H,4,6,9,14H2,1-3H3/t12-/m0/s1. The topological polar surface area (TPSA) is 46.3 Å². The number of amides is 1. The zero-order valence-electron chi connectivity index (χ0n) is 10.8. The highest BCUT2D eigenvalue weighted by Gasteiger charge is 2.22. The summed E-state index contributed by atoms with van der Waals surface area (Å²) in [6.07, 6.45) is 1.70. The zero-order chi connectivity index (χ0) is 12.8. The third-order valence-electron chi connectivity index (χ3n) is 2.73. The van der Waals surface area contributed by atoms with Gasteiger partial charge in [0.1, 0.15) is 0 Å². The third kappa shape index (κ3) is 4.13. The van der Waals surface area contributed by atoms with Crippen LogP contribution in [0.25, 0.3) is 0 Å². The van der Waals surface area contributed by atoms with Gasteiger partial charge < -0.3 is 10.6 Å². The molecular weight excluding hydrogens is 232 g/mol. The smallest absolute Gasteiger partial charge is 0.240 e. The van der Waals surface area contributed by atoms with Crippen LogP contribution in [0, 0.1) is 0 Å². The molecule has 17 heavy (non-hydrogen) atoms. The van der Waals surface area contributed by atoms with E-state index in [4.69, 9.17) is 5.73 Å². The molecule has 2 N–H and O–H groups in total. The van der Waals surface area contributed by atoms with Gasteiger partial charge in [-0.25, -0.2) is 0 Å². The molecule has 0 fully saturated rings. The maximum Gasteiger partial charge on any atom is 0.240 e. The molecule has 1 rings (SSSR count). The van der Waals surface area contributed by atoms with E-state index in [0.717, 1.165) is 12.8 Å².